The Morgan fingerprint density at radius 2 is 2.05 bits per heavy atom. The van der Waals surface area contributed by atoms with Crippen LogP contribution in [0.3, 0.4) is 0 Å². The minimum Gasteiger partial charge on any atom is -0.357 e. The van der Waals surface area contributed by atoms with Crippen molar-refractivity contribution in [2.75, 3.05) is 24.3 Å². The molecule has 0 fully saturated rings. The Bertz CT molecular complexity index is 601. The number of pyridine rings is 1. The SMILES string of the molecule is CNc1nc(N(C)Cc2cccnc2)cc(C(F)(F)F)n1. The Hall–Kier alpha value is -2.38. The normalized spacial score (nSPS) is 11.3. The van der Waals surface area contributed by atoms with E-state index in [-0.39, 0.29) is 11.8 Å². The quantitative estimate of drug-likeness (QED) is 0.940. The van der Waals surface area contributed by atoms with Crippen LogP contribution in [0, 0.1) is 0 Å². The van der Waals surface area contributed by atoms with Crippen molar-refractivity contribution in [2.45, 2.75) is 12.7 Å². The monoisotopic (exact) mass is 297 g/mol. The van der Waals surface area contributed by atoms with Crippen LogP contribution in [0.4, 0.5) is 24.9 Å². The van der Waals surface area contributed by atoms with Gasteiger partial charge in [-0.15, -0.1) is 0 Å². The Balaban J connectivity index is 2.30. The Labute approximate surface area is 119 Å². The van der Waals surface area contributed by atoms with Crippen molar-refractivity contribution in [3.63, 3.8) is 0 Å². The molecule has 21 heavy (non-hydrogen) atoms. The third kappa shape index (κ3) is 3.80. The van der Waals surface area contributed by atoms with Crippen molar-refractivity contribution >= 4 is 11.8 Å². The van der Waals surface area contributed by atoms with E-state index in [2.05, 4.69) is 20.3 Å². The lowest BCUT2D eigenvalue weighted by Crippen LogP contribution is -2.20. The molecule has 112 valence electrons. The summed E-state index contributed by atoms with van der Waals surface area (Å²) >= 11 is 0. The second kappa shape index (κ2) is 5.94. The van der Waals surface area contributed by atoms with Crippen molar-refractivity contribution in [3.8, 4) is 0 Å². The maximum Gasteiger partial charge on any atom is 0.433 e. The molecule has 5 nitrogen and oxygen atoms in total. The number of rotatable bonds is 4. The Morgan fingerprint density at radius 1 is 1.29 bits per heavy atom. The second-order valence-electron chi connectivity index (χ2n) is 4.40. The van der Waals surface area contributed by atoms with Gasteiger partial charge >= 0.3 is 6.18 Å². The number of hydrogen-bond donors (Lipinski definition) is 1. The van der Waals surface area contributed by atoms with Gasteiger partial charge in [0.15, 0.2) is 5.69 Å². The van der Waals surface area contributed by atoms with Crippen LogP contribution >= 0.6 is 0 Å². The number of anilines is 2. The molecule has 0 aliphatic carbocycles. The van der Waals surface area contributed by atoms with Crippen LogP contribution < -0.4 is 10.2 Å². The van der Waals surface area contributed by atoms with Crippen LogP contribution in [0.25, 0.3) is 0 Å². The van der Waals surface area contributed by atoms with Gasteiger partial charge in [-0.1, -0.05) is 6.07 Å². The van der Waals surface area contributed by atoms with E-state index in [1.165, 1.54) is 7.05 Å². The molecule has 0 aliphatic rings. The molecule has 8 heteroatoms. The highest BCUT2D eigenvalue weighted by Gasteiger charge is 2.34. The van der Waals surface area contributed by atoms with Gasteiger partial charge in [0, 0.05) is 39.1 Å². The van der Waals surface area contributed by atoms with Crippen LogP contribution in [0.2, 0.25) is 0 Å². The van der Waals surface area contributed by atoms with Gasteiger partial charge in [-0.25, -0.2) is 4.98 Å². The average molecular weight is 297 g/mol. The van der Waals surface area contributed by atoms with E-state index in [1.54, 1.807) is 30.4 Å². The predicted octanol–water partition coefficient (Wildman–Crippen LogP) is 2.57. The summed E-state index contributed by atoms with van der Waals surface area (Å²) in [7, 11) is 3.13. The van der Waals surface area contributed by atoms with Crippen molar-refractivity contribution < 1.29 is 13.2 Å². The van der Waals surface area contributed by atoms with Crippen LogP contribution in [0.15, 0.2) is 30.6 Å². The van der Waals surface area contributed by atoms with Gasteiger partial charge in [0.25, 0.3) is 0 Å². The maximum absolute atomic E-state index is 12.8. The summed E-state index contributed by atoms with van der Waals surface area (Å²) in [6.45, 7) is 0.394. The number of alkyl halides is 3. The first kappa shape index (κ1) is 15.0. The summed E-state index contributed by atoms with van der Waals surface area (Å²) < 4.78 is 38.5. The molecule has 0 unspecified atom stereocenters. The molecule has 0 aromatic carbocycles. The maximum atomic E-state index is 12.8. The van der Waals surface area contributed by atoms with E-state index in [1.807, 2.05) is 6.07 Å². The van der Waals surface area contributed by atoms with E-state index in [9.17, 15) is 13.2 Å². The lowest BCUT2D eigenvalue weighted by atomic mass is 10.2. The van der Waals surface area contributed by atoms with Gasteiger partial charge in [-0.3, -0.25) is 4.98 Å². The highest BCUT2D eigenvalue weighted by Crippen LogP contribution is 2.30. The van der Waals surface area contributed by atoms with Gasteiger partial charge in [0.05, 0.1) is 0 Å². The second-order valence-corrected chi connectivity index (χ2v) is 4.40. The van der Waals surface area contributed by atoms with E-state index >= 15 is 0 Å². The third-order valence-electron chi connectivity index (χ3n) is 2.76. The largest absolute Gasteiger partial charge is 0.433 e. The van der Waals surface area contributed by atoms with Crippen LogP contribution in [0.5, 0.6) is 0 Å². The fraction of sp³-hybridized carbons (Fsp3) is 0.308. The molecule has 0 spiro atoms. The smallest absolute Gasteiger partial charge is 0.357 e. The topological polar surface area (TPSA) is 53.9 Å². The van der Waals surface area contributed by atoms with Crippen molar-refractivity contribution in [1.29, 1.82) is 0 Å². The molecule has 0 bridgehead atoms. The number of aromatic nitrogens is 3. The number of nitrogens with zero attached hydrogens (tertiary/aromatic N) is 4. The zero-order valence-corrected chi connectivity index (χ0v) is 11.5. The first-order chi connectivity index (χ1) is 9.90. The Morgan fingerprint density at radius 3 is 2.62 bits per heavy atom. The molecule has 0 radical (unpaired) electrons. The lowest BCUT2D eigenvalue weighted by molar-refractivity contribution is -0.141. The minimum absolute atomic E-state index is 0.0714. The molecule has 1 N–H and O–H groups in total. The molecule has 0 saturated carbocycles. The van der Waals surface area contributed by atoms with E-state index in [4.69, 9.17) is 0 Å². The molecular formula is C13H14F3N5. The van der Waals surface area contributed by atoms with Gasteiger partial charge in [0.2, 0.25) is 5.95 Å². The fourth-order valence-corrected chi connectivity index (χ4v) is 1.73. The van der Waals surface area contributed by atoms with Gasteiger partial charge < -0.3 is 10.2 Å². The molecular weight excluding hydrogens is 283 g/mol. The zero-order chi connectivity index (χ0) is 15.5. The summed E-state index contributed by atoms with van der Waals surface area (Å²) in [6, 6.07) is 4.54. The molecule has 2 aromatic rings. The van der Waals surface area contributed by atoms with E-state index in [0.29, 0.717) is 6.54 Å². The minimum atomic E-state index is -4.52. The van der Waals surface area contributed by atoms with Gasteiger partial charge in [0.1, 0.15) is 5.82 Å². The molecule has 0 amide bonds. The standard InChI is InChI=1S/C13H14F3N5/c1-17-12-19-10(13(14,15)16)6-11(20-12)21(2)8-9-4-3-5-18-7-9/h3-7H,8H2,1-2H3,(H,17,19,20). The zero-order valence-electron chi connectivity index (χ0n) is 11.5. The lowest BCUT2D eigenvalue weighted by Gasteiger charge is -2.20. The fourth-order valence-electron chi connectivity index (χ4n) is 1.73. The molecule has 0 saturated heterocycles. The molecule has 2 aromatic heterocycles. The number of halogens is 3. The third-order valence-corrected chi connectivity index (χ3v) is 2.76. The summed E-state index contributed by atoms with van der Waals surface area (Å²) in [6.07, 6.45) is -1.23. The van der Waals surface area contributed by atoms with Gasteiger partial charge in [-0.2, -0.15) is 18.2 Å². The number of nitrogens with one attached hydrogen (secondary N) is 1. The Kier molecular flexibility index (Phi) is 4.25. The summed E-state index contributed by atoms with van der Waals surface area (Å²) in [5, 5.41) is 2.54. The summed E-state index contributed by atoms with van der Waals surface area (Å²) in [5.41, 5.74) is -0.104. The van der Waals surface area contributed by atoms with Crippen LogP contribution in [0.1, 0.15) is 11.3 Å². The van der Waals surface area contributed by atoms with Crippen molar-refractivity contribution in [2.24, 2.45) is 0 Å². The van der Waals surface area contributed by atoms with Crippen molar-refractivity contribution in [3.05, 3.63) is 41.9 Å². The van der Waals surface area contributed by atoms with Crippen molar-refractivity contribution in [1.82, 2.24) is 15.0 Å². The molecule has 2 heterocycles. The predicted molar refractivity (Wildman–Crippen MR) is 72.9 cm³/mol. The number of hydrogen-bond acceptors (Lipinski definition) is 5. The molecule has 0 aliphatic heterocycles. The first-order valence-electron chi connectivity index (χ1n) is 6.14. The van der Waals surface area contributed by atoms with E-state index in [0.717, 1.165) is 11.6 Å². The van der Waals surface area contributed by atoms with E-state index < -0.39 is 11.9 Å². The molecule has 0 atom stereocenters. The first-order valence-corrected chi connectivity index (χ1v) is 6.14. The summed E-state index contributed by atoms with van der Waals surface area (Å²) in [5.74, 6) is 0.114. The molecule has 2 rings (SSSR count). The average Bonchev–Trinajstić information content (AvgIpc) is 2.46. The highest BCUT2D eigenvalue weighted by atomic mass is 19.4. The van der Waals surface area contributed by atoms with Gasteiger partial charge in [-0.05, 0) is 11.6 Å². The highest BCUT2D eigenvalue weighted by molar-refractivity contribution is 5.45. The van der Waals surface area contributed by atoms with Crippen LogP contribution in [-0.4, -0.2) is 29.0 Å². The summed E-state index contributed by atoms with van der Waals surface area (Å²) in [4.78, 5) is 13.0. The van der Waals surface area contributed by atoms with Crippen LogP contribution in [-0.2, 0) is 12.7 Å².